The van der Waals surface area contributed by atoms with Crippen molar-refractivity contribution < 1.29 is 9.90 Å². The number of Topliss-reactive ketones (excluding diaryl/α,β-unsaturated/α-hetero) is 1. The number of carbonyl (C=O) groups is 1. The van der Waals surface area contributed by atoms with Gasteiger partial charge < -0.3 is 5.11 Å². The molecule has 1 unspecified atom stereocenters. The monoisotopic (exact) mass is 436 g/mol. The van der Waals surface area contributed by atoms with E-state index in [1.54, 1.807) is 0 Å². The molecule has 0 saturated carbocycles. The highest BCUT2D eigenvalue weighted by molar-refractivity contribution is 9.12. The topological polar surface area (TPSA) is 37.3 Å². The molecule has 0 aromatic heterocycles. The number of aromatic hydroxyl groups is 1. The van der Waals surface area contributed by atoms with Crippen LogP contribution >= 0.6 is 26.8 Å². The predicted molar refractivity (Wildman–Crippen MR) is 121 cm³/mol. The number of carbonyl (C=O) groups excluding carboxylic acids is 1. The highest BCUT2D eigenvalue weighted by atomic mass is 79.9. The molecule has 5 rings (SSSR count). The fraction of sp³-hybridized carbons (Fsp3) is 0.0870. The van der Waals surface area contributed by atoms with E-state index in [0.717, 1.165) is 37.0 Å². The van der Waals surface area contributed by atoms with E-state index in [0.29, 0.717) is 16.7 Å². The Hall–Kier alpha value is -2.30. The Labute approximate surface area is 168 Å². The SMILES string of the molecule is Cc1ccc2ccc3ccc(C(=O)C[SH]4C=CC(Br)=C4)c4c(O)cc1c2c34. The molecule has 0 amide bonds. The van der Waals surface area contributed by atoms with Crippen molar-refractivity contribution in [1.82, 2.24) is 0 Å². The maximum Gasteiger partial charge on any atom is 0.172 e. The van der Waals surface area contributed by atoms with Crippen LogP contribution in [-0.2, 0) is 0 Å². The summed E-state index contributed by atoms with van der Waals surface area (Å²) in [6.45, 7) is 2.05. The lowest BCUT2D eigenvalue weighted by Gasteiger charge is -2.17. The molecule has 0 fully saturated rings. The van der Waals surface area contributed by atoms with Gasteiger partial charge in [-0.15, -0.1) is 0 Å². The Bertz CT molecular complexity index is 1300. The Balaban J connectivity index is 1.78. The summed E-state index contributed by atoms with van der Waals surface area (Å²) in [5.41, 5.74) is 1.74. The lowest BCUT2D eigenvalue weighted by atomic mass is 9.89. The number of allylic oxidation sites excluding steroid dienone is 2. The molecule has 1 atom stereocenters. The minimum Gasteiger partial charge on any atom is -0.507 e. The number of thiol groups is 1. The number of aryl methyl sites for hydroxylation is 1. The zero-order valence-corrected chi connectivity index (χ0v) is 17.1. The molecule has 0 saturated heterocycles. The van der Waals surface area contributed by atoms with E-state index < -0.39 is 10.9 Å². The Kier molecular flexibility index (Phi) is 3.81. The van der Waals surface area contributed by atoms with E-state index in [2.05, 4.69) is 57.9 Å². The summed E-state index contributed by atoms with van der Waals surface area (Å²) >= 11 is 3.47. The second-order valence-corrected chi connectivity index (χ2v) is 9.82. The van der Waals surface area contributed by atoms with E-state index >= 15 is 0 Å². The predicted octanol–water partition coefficient (Wildman–Crippen LogP) is 6.55. The van der Waals surface area contributed by atoms with E-state index in [1.165, 1.54) is 0 Å². The molecule has 1 heterocycles. The summed E-state index contributed by atoms with van der Waals surface area (Å²) in [6.07, 6.45) is 2.00. The zero-order chi connectivity index (χ0) is 18.7. The molecule has 2 nitrogen and oxygen atoms in total. The van der Waals surface area contributed by atoms with Gasteiger partial charge in [0.1, 0.15) is 5.75 Å². The number of rotatable bonds is 3. The van der Waals surface area contributed by atoms with Crippen LogP contribution in [0.5, 0.6) is 5.75 Å². The van der Waals surface area contributed by atoms with Crippen molar-refractivity contribution in [3.63, 3.8) is 0 Å². The first-order valence-corrected chi connectivity index (χ1v) is 11.2. The highest BCUT2D eigenvalue weighted by Crippen LogP contribution is 2.43. The largest absolute Gasteiger partial charge is 0.507 e. The first kappa shape index (κ1) is 16.8. The van der Waals surface area contributed by atoms with Crippen LogP contribution in [0.2, 0.25) is 0 Å². The molecule has 1 aliphatic heterocycles. The second kappa shape index (κ2) is 6.11. The molecule has 1 N–H and O–H groups in total. The number of ketones is 1. The molecule has 0 radical (unpaired) electrons. The van der Waals surface area contributed by atoms with Gasteiger partial charge in [-0.05, 0) is 63.1 Å². The van der Waals surface area contributed by atoms with Crippen molar-refractivity contribution in [3.8, 4) is 5.75 Å². The Morgan fingerprint density at radius 3 is 2.48 bits per heavy atom. The van der Waals surface area contributed by atoms with Crippen LogP contribution in [0.1, 0.15) is 15.9 Å². The number of halogens is 1. The maximum absolute atomic E-state index is 13.1. The highest BCUT2D eigenvalue weighted by Gasteiger charge is 2.20. The molecule has 4 aromatic carbocycles. The molecule has 27 heavy (non-hydrogen) atoms. The summed E-state index contributed by atoms with van der Waals surface area (Å²) in [5.74, 6) is 0.725. The Morgan fingerprint density at radius 1 is 1.04 bits per heavy atom. The molecule has 0 aliphatic carbocycles. The van der Waals surface area contributed by atoms with Crippen LogP contribution in [0, 0.1) is 6.92 Å². The van der Waals surface area contributed by atoms with E-state index in [4.69, 9.17) is 0 Å². The normalized spacial score (nSPS) is 18.0. The van der Waals surface area contributed by atoms with Gasteiger partial charge in [0.15, 0.2) is 5.78 Å². The summed E-state index contributed by atoms with van der Waals surface area (Å²) in [7, 11) is -0.587. The number of phenols is 1. The molecule has 0 bridgehead atoms. The van der Waals surface area contributed by atoms with Crippen LogP contribution < -0.4 is 0 Å². The van der Waals surface area contributed by atoms with Crippen molar-refractivity contribution in [2.45, 2.75) is 6.92 Å². The van der Waals surface area contributed by atoms with Gasteiger partial charge in [0.25, 0.3) is 0 Å². The van der Waals surface area contributed by atoms with Crippen molar-refractivity contribution in [2.24, 2.45) is 0 Å². The van der Waals surface area contributed by atoms with Crippen molar-refractivity contribution in [1.29, 1.82) is 0 Å². The number of hydrogen-bond acceptors (Lipinski definition) is 2. The molecule has 134 valence electrons. The van der Waals surface area contributed by atoms with Gasteiger partial charge in [-0.3, -0.25) is 4.79 Å². The summed E-state index contributed by atoms with van der Waals surface area (Å²) < 4.78 is 1.04. The fourth-order valence-corrected chi connectivity index (χ4v) is 6.68. The molecule has 4 heteroatoms. The minimum atomic E-state index is -0.587. The van der Waals surface area contributed by atoms with Gasteiger partial charge in [-0.1, -0.05) is 46.3 Å². The minimum absolute atomic E-state index is 0.0779. The number of benzene rings is 4. The fourth-order valence-electron chi connectivity index (χ4n) is 4.02. The van der Waals surface area contributed by atoms with Crippen LogP contribution in [0.15, 0.2) is 63.8 Å². The van der Waals surface area contributed by atoms with E-state index in [-0.39, 0.29) is 11.5 Å². The van der Waals surface area contributed by atoms with Crippen LogP contribution in [0.25, 0.3) is 32.3 Å². The van der Waals surface area contributed by atoms with Gasteiger partial charge in [0.05, 0.1) is 0 Å². The first-order chi connectivity index (χ1) is 13.0. The van der Waals surface area contributed by atoms with Crippen LogP contribution in [0.3, 0.4) is 0 Å². The first-order valence-electron chi connectivity index (χ1n) is 8.77. The smallest absolute Gasteiger partial charge is 0.172 e. The van der Waals surface area contributed by atoms with E-state index in [1.807, 2.05) is 24.3 Å². The van der Waals surface area contributed by atoms with Crippen LogP contribution in [0.4, 0.5) is 0 Å². The third kappa shape index (κ3) is 2.59. The standard InChI is InChI=1S/C23H17BrO2S/c1-13-2-3-14-4-5-15-6-7-17(20(26)12-27-9-8-16(24)11-27)23-19(25)10-18(13)21(14)22(15)23/h2-11,25,27H,12H2,1H3. The summed E-state index contributed by atoms with van der Waals surface area (Å²) in [5, 5.41) is 21.1. The van der Waals surface area contributed by atoms with Gasteiger partial charge in [0, 0.05) is 26.6 Å². The van der Waals surface area contributed by atoms with Crippen molar-refractivity contribution in [2.75, 3.05) is 5.75 Å². The van der Waals surface area contributed by atoms with Gasteiger partial charge in [0.2, 0.25) is 0 Å². The number of phenolic OH excluding ortho intramolecular Hbond substituents is 1. The van der Waals surface area contributed by atoms with Gasteiger partial charge >= 0.3 is 0 Å². The summed E-state index contributed by atoms with van der Waals surface area (Å²) in [4.78, 5) is 13.1. The van der Waals surface area contributed by atoms with Crippen molar-refractivity contribution in [3.05, 3.63) is 75.0 Å². The quantitative estimate of drug-likeness (QED) is 0.217. The second-order valence-electron chi connectivity index (χ2n) is 7.00. The third-order valence-corrected chi connectivity index (χ3v) is 7.95. The van der Waals surface area contributed by atoms with Gasteiger partial charge in [-0.2, -0.15) is 0 Å². The van der Waals surface area contributed by atoms with Crippen molar-refractivity contribution >= 4 is 64.9 Å². The summed E-state index contributed by atoms with van der Waals surface area (Å²) in [6, 6.07) is 14.0. The lowest BCUT2D eigenvalue weighted by Crippen LogP contribution is -2.05. The number of hydrogen-bond donors (Lipinski definition) is 2. The van der Waals surface area contributed by atoms with Gasteiger partial charge in [-0.25, -0.2) is 10.9 Å². The zero-order valence-electron chi connectivity index (χ0n) is 14.7. The molecular formula is C23H17BrO2S. The molecule has 4 aromatic rings. The molecular weight excluding hydrogens is 420 g/mol. The Morgan fingerprint density at radius 2 is 1.74 bits per heavy atom. The average Bonchev–Trinajstić information content (AvgIpc) is 3.06. The third-order valence-electron chi connectivity index (χ3n) is 5.30. The average molecular weight is 437 g/mol. The van der Waals surface area contributed by atoms with E-state index in [9.17, 15) is 9.90 Å². The lowest BCUT2D eigenvalue weighted by molar-refractivity contribution is 0.102. The maximum atomic E-state index is 13.1. The van der Waals surface area contributed by atoms with Crippen LogP contribution in [-0.4, -0.2) is 16.6 Å². The molecule has 1 aliphatic rings. The molecule has 0 spiro atoms.